The molecular formula is C18H17N3O4S2. The van der Waals surface area contributed by atoms with Crippen LogP contribution in [0.1, 0.15) is 10.4 Å². The van der Waals surface area contributed by atoms with Gasteiger partial charge in [-0.2, -0.15) is 0 Å². The van der Waals surface area contributed by atoms with Gasteiger partial charge in [0.25, 0.3) is 15.9 Å². The Bertz CT molecular complexity index is 973. The van der Waals surface area contributed by atoms with Crippen molar-refractivity contribution in [3.05, 3.63) is 71.7 Å². The highest BCUT2D eigenvalue weighted by molar-refractivity contribution is 7.93. The zero-order chi connectivity index (χ0) is 19.1. The maximum Gasteiger partial charge on any atom is 0.263 e. The van der Waals surface area contributed by atoms with E-state index >= 15 is 0 Å². The summed E-state index contributed by atoms with van der Waals surface area (Å²) in [5, 5.41) is 4.69. The molecule has 0 unspecified atom stereocenters. The molecule has 3 aromatic rings. The topological polar surface area (TPSA) is 97.4 Å². The van der Waals surface area contributed by atoms with Crippen molar-refractivity contribution in [1.29, 1.82) is 0 Å². The molecule has 2 aromatic carbocycles. The molecule has 0 radical (unpaired) electrons. The van der Waals surface area contributed by atoms with E-state index in [0.717, 1.165) is 5.75 Å². The number of nitrogens with zero attached hydrogens (tertiary/aromatic N) is 1. The van der Waals surface area contributed by atoms with Gasteiger partial charge in [-0.15, -0.1) is 11.3 Å². The first-order chi connectivity index (χ1) is 13.0. The second-order valence-electron chi connectivity index (χ2n) is 5.38. The summed E-state index contributed by atoms with van der Waals surface area (Å²) >= 11 is 1.18. The number of para-hydroxylation sites is 1. The summed E-state index contributed by atoms with van der Waals surface area (Å²) in [6.07, 6.45) is 1.51. The van der Waals surface area contributed by atoms with Gasteiger partial charge < -0.3 is 10.1 Å². The summed E-state index contributed by atoms with van der Waals surface area (Å²) in [6.45, 7) is 0.666. The Morgan fingerprint density at radius 1 is 1.07 bits per heavy atom. The molecule has 140 valence electrons. The molecule has 0 saturated heterocycles. The van der Waals surface area contributed by atoms with Crippen LogP contribution < -0.4 is 14.8 Å². The van der Waals surface area contributed by atoms with Gasteiger partial charge in [-0.1, -0.05) is 18.2 Å². The molecule has 27 heavy (non-hydrogen) atoms. The first kappa shape index (κ1) is 18.9. The van der Waals surface area contributed by atoms with E-state index in [2.05, 4.69) is 15.0 Å². The van der Waals surface area contributed by atoms with E-state index in [1.54, 1.807) is 5.38 Å². The molecule has 1 amide bonds. The molecule has 0 aliphatic heterocycles. The molecule has 1 aromatic heterocycles. The average molecular weight is 403 g/mol. The molecule has 0 aliphatic carbocycles. The van der Waals surface area contributed by atoms with Crippen LogP contribution in [-0.2, 0) is 10.0 Å². The van der Waals surface area contributed by atoms with Crippen molar-refractivity contribution >= 4 is 32.4 Å². The summed E-state index contributed by atoms with van der Waals surface area (Å²) in [7, 11) is -3.73. The molecule has 9 heteroatoms. The standard InChI is InChI=1S/C18H17N3O4S2/c22-17(19-10-12-25-15-4-2-1-3-5-15)14-6-8-16(9-7-14)27(23,24)21-18-20-11-13-26-18/h1-9,11,13H,10,12H2,(H,19,22)(H,20,21). The maximum atomic E-state index is 12.3. The lowest BCUT2D eigenvalue weighted by Gasteiger charge is -2.09. The number of aromatic nitrogens is 1. The van der Waals surface area contributed by atoms with Gasteiger partial charge in [0.05, 0.1) is 11.4 Å². The third kappa shape index (κ3) is 5.28. The zero-order valence-corrected chi connectivity index (χ0v) is 15.8. The number of amides is 1. The number of thiazole rings is 1. The van der Waals surface area contributed by atoms with Gasteiger partial charge in [0.15, 0.2) is 5.13 Å². The molecule has 0 saturated carbocycles. The number of carbonyl (C=O) groups excluding carboxylic acids is 1. The van der Waals surface area contributed by atoms with Crippen LogP contribution in [-0.4, -0.2) is 32.5 Å². The molecule has 0 atom stereocenters. The molecular weight excluding hydrogens is 386 g/mol. The van der Waals surface area contributed by atoms with Crippen molar-refractivity contribution in [3.8, 4) is 5.75 Å². The molecule has 0 spiro atoms. The van der Waals surface area contributed by atoms with Gasteiger partial charge in [0, 0.05) is 17.1 Å². The largest absolute Gasteiger partial charge is 0.492 e. The minimum absolute atomic E-state index is 0.0571. The second-order valence-corrected chi connectivity index (χ2v) is 7.96. The normalized spacial score (nSPS) is 11.0. The lowest BCUT2D eigenvalue weighted by molar-refractivity contribution is 0.0947. The Morgan fingerprint density at radius 3 is 2.48 bits per heavy atom. The number of hydrogen-bond donors (Lipinski definition) is 2. The molecule has 0 aliphatic rings. The third-order valence-corrected chi connectivity index (χ3v) is 5.65. The first-order valence-electron chi connectivity index (χ1n) is 8.03. The van der Waals surface area contributed by atoms with Crippen LogP contribution in [0.2, 0.25) is 0 Å². The fourth-order valence-electron chi connectivity index (χ4n) is 2.19. The van der Waals surface area contributed by atoms with E-state index in [0.29, 0.717) is 18.7 Å². The van der Waals surface area contributed by atoms with Crippen molar-refractivity contribution in [2.45, 2.75) is 4.90 Å². The highest BCUT2D eigenvalue weighted by Crippen LogP contribution is 2.18. The highest BCUT2D eigenvalue weighted by atomic mass is 32.2. The molecule has 0 fully saturated rings. The number of rotatable bonds is 8. The van der Waals surface area contributed by atoms with Crippen LogP contribution in [0.4, 0.5) is 5.13 Å². The average Bonchev–Trinajstić information content (AvgIpc) is 3.18. The van der Waals surface area contributed by atoms with Crippen LogP contribution >= 0.6 is 11.3 Å². The van der Waals surface area contributed by atoms with E-state index in [9.17, 15) is 13.2 Å². The van der Waals surface area contributed by atoms with Crippen molar-refractivity contribution in [2.75, 3.05) is 17.9 Å². The van der Waals surface area contributed by atoms with Crippen LogP contribution in [0.25, 0.3) is 0 Å². The predicted octanol–water partition coefficient (Wildman–Crippen LogP) is 2.75. The lowest BCUT2D eigenvalue weighted by Crippen LogP contribution is -2.28. The predicted molar refractivity (Wildman–Crippen MR) is 104 cm³/mol. The molecule has 7 nitrogen and oxygen atoms in total. The zero-order valence-electron chi connectivity index (χ0n) is 14.2. The fraction of sp³-hybridized carbons (Fsp3) is 0.111. The van der Waals surface area contributed by atoms with Crippen LogP contribution in [0.15, 0.2) is 71.1 Å². The Balaban J connectivity index is 1.52. The van der Waals surface area contributed by atoms with Crippen LogP contribution in [0, 0.1) is 0 Å². The summed E-state index contributed by atoms with van der Waals surface area (Å²) < 4.78 is 32.4. The van der Waals surface area contributed by atoms with E-state index in [4.69, 9.17) is 4.74 Å². The maximum absolute atomic E-state index is 12.3. The second kappa shape index (κ2) is 8.65. The van der Waals surface area contributed by atoms with Crippen LogP contribution in [0.3, 0.4) is 0 Å². The summed E-state index contributed by atoms with van der Waals surface area (Å²) in [4.78, 5) is 16.1. The smallest absolute Gasteiger partial charge is 0.263 e. The minimum atomic E-state index is -3.73. The highest BCUT2D eigenvalue weighted by Gasteiger charge is 2.16. The number of carbonyl (C=O) groups is 1. The number of nitrogens with one attached hydrogen (secondary N) is 2. The summed E-state index contributed by atoms with van der Waals surface area (Å²) in [5.41, 5.74) is 0.364. The number of sulfonamides is 1. The summed E-state index contributed by atoms with van der Waals surface area (Å²) in [5.74, 6) is 0.428. The lowest BCUT2D eigenvalue weighted by atomic mass is 10.2. The quantitative estimate of drug-likeness (QED) is 0.564. The van der Waals surface area contributed by atoms with Crippen molar-refractivity contribution in [1.82, 2.24) is 10.3 Å². The van der Waals surface area contributed by atoms with E-state index < -0.39 is 10.0 Å². The van der Waals surface area contributed by atoms with Gasteiger partial charge in [0.1, 0.15) is 12.4 Å². The number of hydrogen-bond acceptors (Lipinski definition) is 6. The summed E-state index contributed by atoms with van der Waals surface area (Å²) in [6, 6.07) is 15.0. The molecule has 3 rings (SSSR count). The molecule has 1 heterocycles. The minimum Gasteiger partial charge on any atom is -0.492 e. The van der Waals surface area contributed by atoms with Crippen molar-refractivity contribution < 1.29 is 17.9 Å². The van der Waals surface area contributed by atoms with E-state index in [-0.39, 0.29) is 15.9 Å². The first-order valence-corrected chi connectivity index (χ1v) is 10.4. The van der Waals surface area contributed by atoms with Gasteiger partial charge in [-0.05, 0) is 36.4 Å². The van der Waals surface area contributed by atoms with E-state index in [1.807, 2.05) is 30.3 Å². The SMILES string of the molecule is O=C(NCCOc1ccccc1)c1ccc(S(=O)(=O)Nc2nccs2)cc1. The Labute approximate surface area is 161 Å². The fourth-order valence-corrected chi connectivity index (χ4v) is 3.97. The third-order valence-electron chi connectivity index (χ3n) is 3.48. The Kier molecular flexibility index (Phi) is 6.05. The number of benzene rings is 2. The van der Waals surface area contributed by atoms with Crippen molar-refractivity contribution in [2.24, 2.45) is 0 Å². The van der Waals surface area contributed by atoms with Crippen molar-refractivity contribution in [3.63, 3.8) is 0 Å². The van der Waals surface area contributed by atoms with Gasteiger partial charge >= 0.3 is 0 Å². The number of ether oxygens (including phenoxy) is 1. The molecule has 0 bridgehead atoms. The van der Waals surface area contributed by atoms with E-state index in [1.165, 1.54) is 41.8 Å². The number of anilines is 1. The molecule has 2 N–H and O–H groups in total. The van der Waals surface area contributed by atoms with Gasteiger partial charge in [0.2, 0.25) is 0 Å². The Hall–Kier alpha value is -2.91. The Morgan fingerprint density at radius 2 is 1.81 bits per heavy atom. The van der Waals surface area contributed by atoms with Gasteiger partial charge in [-0.3, -0.25) is 9.52 Å². The van der Waals surface area contributed by atoms with Crippen LogP contribution in [0.5, 0.6) is 5.75 Å². The van der Waals surface area contributed by atoms with Gasteiger partial charge in [-0.25, -0.2) is 13.4 Å². The monoisotopic (exact) mass is 403 g/mol.